The van der Waals surface area contributed by atoms with Crippen molar-refractivity contribution in [3.63, 3.8) is 0 Å². The molecule has 0 spiro atoms. The highest BCUT2D eigenvalue weighted by atomic mass is 16.7. The molecule has 0 N–H and O–H groups in total. The summed E-state index contributed by atoms with van der Waals surface area (Å²) in [7, 11) is 0. The first-order chi connectivity index (χ1) is 13.2. The molecule has 3 aromatic rings. The van der Waals surface area contributed by atoms with E-state index in [0.29, 0.717) is 5.71 Å². The highest BCUT2D eigenvalue weighted by molar-refractivity contribution is 5.98. The van der Waals surface area contributed by atoms with E-state index in [1.807, 2.05) is 73.7 Å². The van der Waals surface area contributed by atoms with Gasteiger partial charge in [-0.3, -0.25) is 0 Å². The van der Waals surface area contributed by atoms with Crippen molar-refractivity contribution >= 4 is 11.7 Å². The van der Waals surface area contributed by atoms with Crippen LogP contribution in [0.25, 0.3) is 0 Å². The normalized spacial score (nSPS) is 18.0. The van der Waals surface area contributed by atoms with E-state index in [0.717, 1.165) is 23.1 Å². The number of benzene rings is 3. The number of oxime groups is 1. The highest BCUT2D eigenvalue weighted by Gasteiger charge is 2.61. The van der Waals surface area contributed by atoms with E-state index in [4.69, 9.17) is 4.84 Å². The molecule has 0 radical (unpaired) electrons. The zero-order valence-corrected chi connectivity index (χ0v) is 15.2. The van der Waals surface area contributed by atoms with Gasteiger partial charge in [-0.15, -0.1) is 0 Å². The molecule has 0 amide bonds. The van der Waals surface area contributed by atoms with Crippen LogP contribution < -0.4 is 0 Å². The Morgan fingerprint density at radius 2 is 1.33 bits per heavy atom. The minimum absolute atomic E-state index is 0.227. The Labute approximate surface area is 159 Å². The second-order valence-corrected chi connectivity index (χ2v) is 6.91. The summed E-state index contributed by atoms with van der Waals surface area (Å²) in [5.74, 6) is -0.507. The second-order valence-electron chi connectivity index (χ2n) is 6.91. The molecule has 3 nitrogen and oxygen atoms in total. The molecule has 134 valence electrons. The van der Waals surface area contributed by atoms with Crippen molar-refractivity contribution in [1.29, 1.82) is 0 Å². The maximum atomic E-state index is 12.8. The maximum Gasteiger partial charge on any atom is 0.339 e. The molecule has 4 rings (SSSR count). The quantitative estimate of drug-likeness (QED) is 0.369. The van der Waals surface area contributed by atoms with E-state index in [9.17, 15) is 4.79 Å². The second kappa shape index (κ2) is 7.20. The molecule has 1 aliphatic carbocycles. The predicted octanol–water partition coefficient (Wildman–Crippen LogP) is 4.96. The SMILES string of the molecule is C/C(=N\OC(=O)C1CC1(c1ccccc1)c1ccccc1)c1ccccc1. The van der Waals surface area contributed by atoms with E-state index < -0.39 is 0 Å². The molecule has 1 atom stereocenters. The first kappa shape index (κ1) is 17.2. The topological polar surface area (TPSA) is 38.7 Å². The van der Waals surface area contributed by atoms with Crippen LogP contribution in [-0.4, -0.2) is 11.7 Å². The number of hydrogen-bond donors (Lipinski definition) is 0. The van der Waals surface area contributed by atoms with Crippen LogP contribution in [0.1, 0.15) is 30.0 Å². The van der Waals surface area contributed by atoms with E-state index >= 15 is 0 Å². The van der Waals surface area contributed by atoms with E-state index in [-0.39, 0.29) is 17.3 Å². The van der Waals surface area contributed by atoms with Crippen molar-refractivity contribution in [3.05, 3.63) is 108 Å². The van der Waals surface area contributed by atoms with Gasteiger partial charge in [0.05, 0.1) is 11.6 Å². The molecular weight excluding hydrogens is 334 g/mol. The Bertz CT molecular complexity index is 910. The molecule has 1 saturated carbocycles. The smallest absolute Gasteiger partial charge is 0.318 e. The van der Waals surface area contributed by atoms with Crippen LogP contribution in [0.3, 0.4) is 0 Å². The van der Waals surface area contributed by atoms with Gasteiger partial charge in [-0.1, -0.05) is 96.2 Å². The summed E-state index contributed by atoms with van der Waals surface area (Å²) in [4.78, 5) is 18.1. The Morgan fingerprint density at radius 3 is 1.85 bits per heavy atom. The summed E-state index contributed by atoms with van der Waals surface area (Å²) in [5, 5.41) is 4.08. The zero-order valence-electron chi connectivity index (χ0n) is 15.2. The number of nitrogens with zero attached hydrogens (tertiary/aromatic N) is 1. The molecule has 27 heavy (non-hydrogen) atoms. The average molecular weight is 355 g/mol. The first-order valence-corrected chi connectivity index (χ1v) is 9.14. The first-order valence-electron chi connectivity index (χ1n) is 9.14. The lowest BCUT2D eigenvalue weighted by atomic mass is 9.86. The molecular formula is C24H21NO2. The van der Waals surface area contributed by atoms with Gasteiger partial charge in [0.1, 0.15) is 0 Å². The fraction of sp³-hybridized carbons (Fsp3) is 0.167. The summed E-state index contributed by atoms with van der Waals surface area (Å²) in [6.07, 6.45) is 0.736. The van der Waals surface area contributed by atoms with Crippen molar-refractivity contribution < 1.29 is 9.63 Å². The summed E-state index contributed by atoms with van der Waals surface area (Å²) >= 11 is 0. The largest absolute Gasteiger partial charge is 0.339 e. The molecule has 0 heterocycles. The van der Waals surface area contributed by atoms with Crippen LogP contribution in [0.2, 0.25) is 0 Å². The van der Waals surface area contributed by atoms with Crippen molar-refractivity contribution in [2.45, 2.75) is 18.8 Å². The van der Waals surface area contributed by atoms with Crippen LogP contribution in [0.5, 0.6) is 0 Å². The minimum atomic E-state index is -0.324. The average Bonchev–Trinajstić information content (AvgIpc) is 3.51. The van der Waals surface area contributed by atoms with Gasteiger partial charge < -0.3 is 4.84 Å². The van der Waals surface area contributed by atoms with Gasteiger partial charge >= 0.3 is 5.97 Å². The fourth-order valence-electron chi connectivity index (χ4n) is 3.73. The molecule has 0 saturated heterocycles. The zero-order chi connectivity index (χ0) is 18.7. The lowest BCUT2D eigenvalue weighted by Gasteiger charge is -2.18. The van der Waals surface area contributed by atoms with Gasteiger partial charge in [-0.2, -0.15) is 0 Å². The van der Waals surface area contributed by atoms with E-state index in [1.165, 1.54) is 0 Å². The maximum absolute atomic E-state index is 12.8. The van der Waals surface area contributed by atoms with Crippen LogP contribution >= 0.6 is 0 Å². The van der Waals surface area contributed by atoms with Crippen molar-refractivity contribution in [3.8, 4) is 0 Å². The van der Waals surface area contributed by atoms with Gasteiger partial charge in [0.2, 0.25) is 0 Å². The Hall–Kier alpha value is -3.20. The van der Waals surface area contributed by atoms with E-state index in [2.05, 4.69) is 29.4 Å². The predicted molar refractivity (Wildman–Crippen MR) is 107 cm³/mol. The lowest BCUT2D eigenvalue weighted by Crippen LogP contribution is -2.18. The van der Waals surface area contributed by atoms with Crippen LogP contribution in [0.15, 0.2) is 96.2 Å². The number of rotatable bonds is 5. The molecule has 0 bridgehead atoms. The van der Waals surface area contributed by atoms with Gasteiger partial charge in [0.15, 0.2) is 0 Å². The van der Waals surface area contributed by atoms with E-state index in [1.54, 1.807) is 0 Å². The van der Waals surface area contributed by atoms with Crippen LogP contribution in [0.4, 0.5) is 0 Å². The Balaban J connectivity index is 1.58. The number of carbonyl (C=O) groups is 1. The molecule has 0 aromatic heterocycles. The summed E-state index contributed by atoms with van der Waals surface area (Å²) in [5.41, 5.74) is 3.59. The van der Waals surface area contributed by atoms with Crippen LogP contribution in [0, 0.1) is 5.92 Å². The Morgan fingerprint density at radius 1 is 0.852 bits per heavy atom. The van der Waals surface area contributed by atoms with Crippen molar-refractivity contribution in [2.75, 3.05) is 0 Å². The number of carbonyl (C=O) groups excluding carboxylic acids is 1. The third kappa shape index (κ3) is 3.28. The minimum Gasteiger partial charge on any atom is -0.318 e. The van der Waals surface area contributed by atoms with Gasteiger partial charge in [-0.25, -0.2) is 4.79 Å². The molecule has 1 unspecified atom stereocenters. The van der Waals surface area contributed by atoms with Gasteiger partial charge in [0, 0.05) is 5.41 Å². The van der Waals surface area contributed by atoms with Crippen LogP contribution in [-0.2, 0) is 15.0 Å². The van der Waals surface area contributed by atoms with Gasteiger partial charge in [0.25, 0.3) is 0 Å². The third-order valence-electron chi connectivity index (χ3n) is 5.29. The molecule has 3 aromatic carbocycles. The monoisotopic (exact) mass is 355 g/mol. The van der Waals surface area contributed by atoms with Crippen molar-refractivity contribution in [2.24, 2.45) is 11.1 Å². The third-order valence-corrected chi connectivity index (χ3v) is 5.29. The summed E-state index contributed by atoms with van der Waals surface area (Å²) < 4.78 is 0. The molecule has 0 aliphatic heterocycles. The van der Waals surface area contributed by atoms with Gasteiger partial charge in [-0.05, 0) is 30.0 Å². The summed E-state index contributed by atoms with van der Waals surface area (Å²) in [6, 6.07) is 30.1. The summed E-state index contributed by atoms with van der Waals surface area (Å²) in [6.45, 7) is 1.84. The fourth-order valence-corrected chi connectivity index (χ4v) is 3.73. The van der Waals surface area contributed by atoms with Crippen molar-refractivity contribution in [1.82, 2.24) is 0 Å². The lowest BCUT2D eigenvalue weighted by molar-refractivity contribution is -0.145. The molecule has 1 aliphatic rings. The highest BCUT2D eigenvalue weighted by Crippen LogP contribution is 2.59. The Kier molecular flexibility index (Phi) is 4.59. The molecule has 3 heteroatoms. The standard InChI is InChI=1S/C24H21NO2/c1-18(19-11-5-2-6-12-19)25-27-23(26)22-17-24(22,20-13-7-3-8-14-20)21-15-9-4-10-16-21/h2-16,22H,17H2,1H3/b25-18+. The molecule has 1 fully saturated rings. The number of hydrogen-bond acceptors (Lipinski definition) is 3.